The molecule has 7 nitrogen and oxygen atoms in total. The molecule has 0 aliphatic rings. The van der Waals surface area contributed by atoms with Gasteiger partial charge in [0.25, 0.3) is 0 Å². The van der Waals surface area contributed by atoms with E-state index in [4.69, 9.17) is 9.47 Å². The number of carbonyl (C=O) groups is 1. The summed E-state index contributed by atoms with van der Waals surface area (Å²) in [5.74, 6) is 0.361. The van der Waals surface area contributed by atoms with Crippen LogP contribution in [0, 0.1) is 6.92 Å². The number of carbonyl (C=O) groups excluding carboxylic acids is 1. The molecule has 0 spiro atoms. The first-order valence-electron chi connectivity index (χ1n) is 9.27. The van der Waals surface area contributed by atoms with E-state index in [9.17, 15) is 13.2 Å². The zero-order valence-corrected chi connectivity index (χ0v) is 18.2. The Morgan fingerprint density at radius 3 is 2.34 bits per heavy atom. The minimum atomic E-state index is -3.87. The largest absolute Gasteiger partial charge is 0.493 e. The van der Waals surface area contributed by atoms with Crippen molar-refractivity contribution in [2.24, 2.45) is 0 Å². The molecule has 0 heterocycles. The van der Waals surface area contributed by atoms with E-state index in [2.05, 4.69) is 5.32 Å². The van der Waals surface area contributed by atoms with E-state index in [1.165, 1.54) is 39.5 Å². The fourth-order valence-electron chi connectivity index (χ4n) is 3.06. The Bertz CT molecular complexity index is 959. The maximum absolute atomic E-state index is 12.9. The van der Waals surface area contributed by atoms with Crippen LogP contribution in [0.25, 0.3) is 0 Å². The van der Waals surface area contributed by atoms with Crippen LogP contribution in [0.4, 0.5) is 0 Å². The second-order valence-electron chi connectivity index (χ2n) is 6.66. The van der Waals surface area contributed by atoms with Crippen LogP contribution in [0.2, 0.25) is 0 Å². The fraction of sp³-hybridized carbons (Fsp3) is 0.381. The van der Waals surface area contributed by atoms with Gasteiger partial charge in [-0.3, -0.25) is 4.79 Å². The normalized spacial score (nSPS) is 12.5. The molecule has 1 N–H and O–H groups in total. The first-order chi connectivity index (χ1) is 13.7. The lowest BCUT2D eigenvalue weighted by atomic mass is 9.99. The molecule has 2 aromatic rings. The number of methoxy groups -OCH3 is 2. The maximum atomic E-state index is 12.9. The smallest absolute Gasteiger partial charge is 0.243 e. The summed E-state index contributed by atoms with van der Waals surface area (Å²) in [5, 5.41) is 2.93. The van der Waals surface area contributed by atoms with Gasteiger partial charge in [-0.1, -0.05) is 31.2 Å². The molecule has 1 amide bonds. The number of likely N-dealkylation sites (N-methyl/N-ethyl adjacent to an activating group) is 1. The van der Waals surface area contributed by atoms with Crippen molar-refractivity contribution in [2.45, 2.75) is 31.2 Å². The molecule has 0 unspecified atom stereocenters. The van der Waals surface area contributed by atoms with Crippen LogP contribution in [0.5, 0.6) is 11.5 Å². The molecular formula is C21H28N2O5S. The zero-order chi connectivity index (χ0) is 21.6. The van der Waals surface area contributed by atoms with Crippen LogP contribution in [0.1, 0.15) is 30.5 Å². The summed E-state index contributed by atoms with van der Waals surface area (Å²) in [6.45, 7) is 3.67. The average molecular weight is 421 g/mol. The highest BCUT2D eigenvalue weighted by Gasteiger charge is 2.25. The minimum Gasteiger partial charge on any atom is -0.493 e. The SMILES string of the molecule is CC[C@H](NC(=O)CN(C)S(=O)(=O)c1ccc(OC)c(OC)c1)c1ccccc1C. The first kappa shape index (κ1) is 22.7. The van der Waals surface area contributed by atoms with Gasteiger partial charge >= 0.3 is 0 Å². The fourth-order valence-corrected chi connectivity index (χ4v) is 4.20. The van der Waals surface area contributed by atoms with Crippen molar-refractivity contribution in [1.29, 1.82) is 0 Å². The average Bonchev–Trinajstić information content (AvgIpc) is 2.71. The number of sulfonamides is 1. The van der Waals surface area contributed by atoms with Crippen LogP contribution in [-0.4, -0.2) is 46.4 Å². The van der Waals surface area contributed by atoms with Crippen molar-refractivity contribution in [2.75, 3.05) is 27.8 Å². The number of amides is 1. The topological polar surface area (TPSA) is 84.9 Å². The van der Waals surface area contributed by atoms with Crippen LogP contribution in [0.15, 0.2) is 47.4 Å². The first-order valence-corrected chi connectivity index (χ1v) is 10.7. The van der Waals surface area contributed by atoms with Gasteiger partial charge in [0.1, 0.15) is 0 Å². The van der Waals surface area contributed by atoms with E-state index in [-0.39, 0.29) is 23.4 Å². The molecule has 0 aliphatic carbocycles. The van der Waals surface area contributed by atoms with Crippen molar-refractivity contribution in [3.8, 4) is 11.5 Å². The summed E-state index contributed by atoms with van der Waals surface area (Å²) in [7, 11) is 0.411. The Hall–Kier alpha value is -2.58. The van der Waals surface area contributed by atoms with E-state index in [1.54, 1.807) is 0 Å². The van der Waals surface area contributed by atoms with Gasteiger partial charge in [0.05, 0.1) is 31.7 Å². The van der Waals surface area contributed by atoms with Crippen molar-refractivity contribution >= 4 is 15.9 Å². The lowest BCUT2D eigenvalue weighted by Gasteiger charge is -2.22. The summed E-state index contributed by atoms with van der Waals surface area (Å²) in [4.78, 5) is 12.6. The van der Waals surface area contributed by atoms with Crippen molar-refractivity contribution in [3.63, 3.8) is 0 Å². The van der Waals surface area contributed by atoms with Crippen LogP contribution >= 0.6 is 0 Å². The van der Waals surface area contributed by atoms with E-state index < -0.39 is 10.0 Å². The van der Waals surface area contributed by atoms with Gasteiger partial charge in [0.15, 0.2) is 11.5 Å². The lowest BCUT2D eigenvalue weighted by Crippen LogP contribution is -2.39. The van der Waals surface area contributed by atoms with Gasteiger partial charge in [0.2, 0.25) is 15.9 Å². The molecule has 0 fully saturated rings. The summed E-state index contributed by atoms with van der Waals surface area (Å²) in [6.07, 6.45) is 0.697. The van der Waals surface area contributed by atoms with Gasteiger partial charge in [-0.25, -0.2) is 8.42 Å². The van der Waals surface area contributed by atoms with E-state index in [1.807, 2.05) is 38.1 Å². The second-order valence-corrected chi connectivity index (χ2v) is 8.71. The Labute approximate surface area is 172 Å². The van der Waals surface area contributed by atoms with E-state index >= 15 is 0 Å². The molecule has 8 heteroatoms. The second kappa shape index (κ2) is 9.76. The third-order valence-corrected chi connectivity index (χ3v) is 6.54. The van der Waals surface area contributed by atoms with Crippen LogP contribution in [-0.2, 0) is 14.8 Å². The van der Waals surface area contributed by atoms with Gasteiger partial charge in [-0.05, 0) is 36.6 Å². The molecule has 0 aromatic heterocycles. The van der Waals surface area contributed by atoms with E-state index in [0.717, 1.165) is 15.4 Å². The summed E-state index contributed by atoms with van der Waals surface area (Å²) in [6, 6.07) is 12.0. The van der Waals surface area contributed by atoms with Gasteiger partial charge in [-0.2, -0.15) is 4.31 Å². The molecule has 0 saturated heterocycles. The zero-order valence-electron chi connectivity index (χ0n) is 17.4. The van der Waals surface area contributed by atoms with Gasteiger partial charge in [-0.15, -0.1) is 0 Å². The number of nitrogens with one attached hydrogen (secondary N) is 1. The molecule has 0 bridgehead atoms. The van der Waals surface area contributed by atoms with E-state index in [0.29, 0.717) is 17.9 Å². The quantitative estimate of drug-likeness (QED) is 0.674. The Morgan fingerprint density at radius 1 is 1.10 bits per heavy atom. The summed E-state index contributed by atoms with van der Waals surface area (Å²) in [5.41, 5.74) is 2.10. The number of hydrogen-bond donors (Lipinski definition) is 1. The Kier molecular flexibility index (Phi) is 7.64. The molecule has 0 aliphatic heterocycles. The number of rotatable bonds is 9. The lowest BCUT2D eigenvalue weighted by molar-refractivity contribution is -0.121. The number of aryl methyl sites for hydroxylation is 1. The molecular weight excluding hydrogens is 392 g/mol. The summed E-state index contributed by atoms with van der Waals surface area (Å²) < 4.78 is 37.1. The van der Waals surface area contributed by atoms with Crippen LogP contribution in [0.3, 0.4) is 0 Å². The molecule has 1 atom stereocenters. The van der Waals surface area contributed by atoms with Gasteiger partial charge in [0, 0.05) is 13.1 Å². The monoisotopic (exact) mass is 420 g/mol. The number of ether oxygens (including phenoxy) is 2. The maximum Gasteiger partial charge on any atom is 0.243 e. The molecule has 0 radical (unpaired) electrons. The highest BCUT2D eigenvalue weighted by molar-refractivity contribution is 7.89. The molecule has 0 saturated carbocycles. The van der Waals surface area contributed by atoms with Crippen molar-refractivity contribution < 1.29 is 22.7 Å². The number of hydrogen-bond acceptors (Lipinski definition) is 5. The summed E-state index contributed by atoms with van der Waals surface area (Å²) >= 11 is 0. The van der Waals surface area contributed by atoms with Crippen molar-refractivity contribution in [1.82, 2.24) is 9.62 Å². The van der Waals surface area contributed by atoms with Crippen LogP contribution < -0.4 is 14.8 Å². The third kappa shape index (κ3) is 5.27. The highest BCUT2D eigenvalue weighted by Crippen LogP contribution is 2.30. The Morgan fingerprint density at radius 2 is 1.76 bits per heavy atom. The minimum absolute atomic E-state index is 0.0244. The van der Waals surface area contributed by atoms with Crippen molar-refractivity contribution in [3.05, 3.63) is 53.6 Å². The predicted molar refractivity (Wildman–Crippen MR) is 112 cm³/mol. The molecule has 29 heavy (non-hydrogen) atoms. The predicted octanol–water partition coefficient (Wildman–Crippen LogP) is 2.90. The molecule has 158 valence electrons. The molecule has 2 rings (SSSR count). The third-order valence-electron chi connectivity index (χ3n) is 4.74. The highest BCUT2D eigenvalue weighted by atomic mass is 32.2. The number of nitrogens with zero attached hydrogens (tertiary/aromatic N) is 1. The standard InChI is InChI=1S/C21H28N2O5S/c1-6-18(17-10-8-7-9-15(17)2)22-21(24)14-23(3)29(25,26)16-11-12-19(27-4)20(13-16)28-5/h7-13,18H,6,14H2,1-5H3,(H,22,24)/t18-/m0/s1. The number of benzene rings is 2. The Balaban J connectivity index is 2.14. The van der Waals surface area contributed by atoms with Gasteiger partial charge < -0.3 is 14.8 Å². The molecule has 2 aromatic carbocycles.